The maximum absolute atomic E-state index is 11.4. The molecule has 0 bridgehead atoms. The first kappa shape index (κ1) is 30.8. The molecule has 6 atom stereocenters. The third-order valence-corrected chi connectivity index (χ3v) is 11.4. The topological polar surface area (TPSA) is 20.2 Å². The van der Waals surface area contributed by atoms with Gasteiger partial charge in [0.25, 0.3) is 0 Å². The van der Waals surface area contributed by atoms with Crippen LogP contribution in [0.15, 0.2) is 0 Å². The van der Waals surface area contributed by atoms with Crippen molar-refractivity contribution in [1.29, 1.82) is 0 Å². The molecule has 1 aliphatic rings. The molecule has 1 rings (SSSR count). The second kappa shape index (κ2) is 16.4. The molecule has 2 radical (unpaired) electrons. The summed E-state index contributed by atoms with van der Waals surface area (Å²) in [5, 5.41) is 12.6. The van der Waals surface area contributed by atoms with Gasteiger partial charge in [-0.2, -0.15) is 23.5 Å². The molecular formula is C28H55BOS2. The van der Waals surface area contributed by atoms with Gasteiger partial charge in [-0.3, -0.25) is 0 Å². The third-order valence-electron chi connectivity index (χ3n) is 8.41. The summed E-state index contributed by atoms with van der Waals surface area (Å²) in [6.07, 6.45) is 17.6. The van der Waals surface area contributed by atoms with Gasteiger partial charge in [0, 0.05) is 10.5 Å². The van der Waals surface area contributed by atoms with Crippen LogP contribution < -0.4 is 0 Å². The Morgan fingerprint density at radius 1 is 0.844 bits per heavy atom. The molecule has 32 heavy (non-hydrogen) atoms. The predicted molar refractivity (Wildman–Crippen MR) is 152 cm³/mol. The number of unbranched alkanes of at least 4 members (excludes halogenated alkanes) is 1. The van der Waals surface area contributed by atoms with Crippen LogP contribution in [0.3, 0.4) is 0 Å². The van der Waals surface area contributed by atoms with Gasteiger partial charge in [-0.05, 0) is 66.7 Å². The summed E-state index contributed by atoms with van der Waals surface area (Å²) in [6, 6.07) is 0. The van der Waals surface area contributed by atoms with Crippen molar-refractivity contribution >= 4 is 31.4 Å². The van der Waals surface area contributed by atoms with Crippen molar-refractivity contribution in [2.24, 2.45) is 11.3 Å². The Balaban J connectivity index is 2.76. The molecule has 0 aliphatic heterocycles. The van der Waals surface area contributed by atoms with Gasteiger partial charge in [0.05, 0.1) is 14.0 Å². The van der Waals surface area contributed by atoms with Crippen molar-refractivity contribution in [3.05, 3.63) is 0 Å². The number of aliphatic hydroxyl groups is 1. The lowest BCUT2D eigenvalue weighted by Crippen LogP contribution is -2.45. The Hall–Kier alpha value is 0.725. The number of aliphatic hydroxyl groups excluding tert-OH is 1. The standard InChI is InChI=1S/C28H55BOS2/c1-7-11-18-23(27(5,8-2)26(30)28(6,29)9-3)19-17-22-32-25-21-16-14-12-13-15-20-24(25)31-10-4/h23-26,30H,7-22H2,1-6H3. The highest BCUT2D eigenvalue weighted by molar-refractivity contribution is 8.03. The Labute approximate surface area is 212 Å². The molecule has 1 aliphatic carbocycles. The van der Waals surface area contributed by atoms with Gasteiger partial charge in [-0.1, -0.05) is 92.9 Å². The highest BCUT2D eigenvalue weighted by Gasteiger charge is 2.44. The van der Waals surface area contributed by atoms with Gasteiger partial charge in [-0.25, -0.2) is 0 Å². The molecule has 0 aromatic carbocycles. The average molecular weight is 483 g/mol. The molecule has 4 heteroatoms. The molecule has 0 saturated heterocycles. The number of rotatable bonds is 15. The number of hydrogen-bond acceptors (Lipinski definition) is 3. The van der Waals surface area contributed by atoms with Crippen molar-refractivity contribution in [2.45, 2.75) is 153 Å². The first-order chi connectivity index (χ1) is 15.3. The van der Waals surface area contributed by atoms with Crippen molar-refractivity contribution in [3.63, 3.8) is 0 Å². The summed E-state index contributed by atoms with van der Waals surface area (Å²) in [5.41, 5.74) is -0.0991. The van der Waals surface area contributed by atoms with Crippen molar-refractivity contribution in [2.75, 3.05) is 11.5 Å². The largest absolute Gasteiger partial charge is 0.393 e. The van der Waals surface area contributed by atoms with E-state index in [2.05, 4.69) is 58.1 Å². The summed E-state index contributed by atoms with van der Waals surface area (Å²) in [4.78, 5) is 0. The van der Waals surface area contributed by atoms with E-state index in [4.69, 9.17) is 7.85 Å². The molecular weight excluding hydrogens is 427 g/mol. The molecule has 0 heterocycles. The second-order valence-corrected chi connectivity index (χ2v) is 13.7. The van der Waals surface area contributed by atoms with E-state index in [9.17, 15) is 5.11 Å². The Bertz CT molecular complexity index is 472. The molecule has 1 nitrogen and oxygen atoms in total. The van der Waals surface area contributed by atoms with Crippen LogP contribution in [0.5, 0.6) is 0 Å². The normalized spacial score (nSPS) is 26.2. The summed E-state index contributed by atoms with van der Waals surface area (Å²) >= 11 is 4.49. The van der Waals surface area contributed by atoms with E-state index in [1.54, 1.807) is 0 Å². The summed E-state index contributed by atoms with van der Waals surface area (Å²) in [7, 11) is 6.57. The summed E-state index contributed by atoms with van der Waals surface area (Å²) in [6.45, 7) is 13.3. The van der Waals surface area contributed by atoms with Crippen LogP contribution >= 0.6 is 23.5 Å². The molecule has 0 aromatic rings. The molecule has 6 unspecified atom stereocenters. The molecule has 1 N–H and O–H groups in total. The molecule has 0 aromatic heterocycles. The lowest BCUT2D eigenvalue weighted by molar-refractivity contribution is -0.0438. The van der Waals surface area contributed by atoms with Crippen LogP contribution in [0, 0.1) is 11.3 Å². The van der Waals surface area contributed by atoms with Gasteiger partial charge >= 0.3 is 0 Å². The molecule has 188 valence electrons. The van der Waals surface area contributed by atoms with Crippen LogP contribution in [0.1, 0.15) is 131 Å². The predicted octanol–water partition coefficient (Wildman–Crippen LogP) is 9.08. The quantitative estimate of drug-likeness (QED) is 0.186. The van der Waals surface area contributed by atoms with Gasteiger partial charge in [0.1, 0.15) is 0 Å². The van der Waals surface area contributed by atoms with E-state index in [0.29, 0.717) is 5.92 Å². The zero-order valence-corrected chi connectivity index (χ0v) is 24.1. The lowest BCUT2D eigenvalue weighted by Gasteiger charge is -2.48. The van der Waals surface area contributed by atoms with Crippen LogP contribution in [0.25, 0.3) is 0 Å². The minimum atomic E-state index is -0.508. The van der Waals surface area contributed by atoms with Gasteiger partial charge in [0.15, 0.2) is 0 Å². The zero-order valence-electron chi connectivity index (χ0n) is 22.5. The molecule has 0 spiro atoms. The maximum Gasteiger partial charge on any atom is 0.0777 e. The van der Waals surface area contributed by atoms with Crippen LogP contribution in [-0.4, -0.2) is 41.1 Å². The van der Waals surface area contributed by atoms with Gasteiger partial charge in [-0.15, -0.1) is 0 Å². The van der Waals surface area contributed by atoms with Crippen LogP contribution in [-0.2, 0) is 0 Å². The van der Waals surface area contributed by atoms with Gasteiger partial charge in [0.2, 0.25) is 0 Å². The second-order valence-electron chi connectivity index (χ2n) is 10.9. The zero-order chi connectivity index (χ0) is 24.0. The highest BCUT2D eigenvalue weighted by atomic mass is 32.2. The minimum absolute atomic E-state index is 0.0991. The van der Waals surface area contributed by atoms with Crippen molar-refractivity contribution in [3.8, 4) is 0 Å². The number of thioether (sulfide) groups is 2. The molecule has 0 amide bonds. The first-order valence-electron chi connectivity index (χ1n) is 14.0. The fourth-order valence-corrected chi connectivity index (χ4v) is 8.56. The summed E-state index contributed by atoms with van der Waals surface area (Å²) in [5.74, 6) is 3.08. The van der Waals surface area contributed by atoms with Crippen LogP contribution in [0.4, 0.5) is 0 Å². The van der Waals surface area contributed by atoms with E-state index in [0.717, 1.165) is 23.3 Å². The maximum atomic E-state index is 11.4. The minimum Gasteiger partial charge on any atom is -0.393 e. The Kier molecular flexibility index (Phi) is 15.8. The number of hydrogen-bond donors (Lipinski definition) is 1. The smallest absolute Gasteiger partial charge is 0.0777 e. The van der Waals surface area contributed by atoms with E-state index in [1.807, 2.05) is 6.92 Å². The monoisotopic (exact) mass is 482 g/mol. The van der Waals surface area contributed by atoms with Crippen molar-refractivity contribution in [1.82, 2.24) is 0 Å². The Morgan fingerprint density at radius 2 is 1.41 bits per heavy atom. The first-order valence-corrected chi connectivity index (χ1v) is 16.1. The third kappa shape index (κ3) is 9.77. The van der Waals surface area contributed by atoms with E-state index in [1.165, 1.54) is 88.6 Å². The van der Waals surface area contributed by atoms with Gasteiger partial charge < -0.3 is 5.11 Å². The fourth-order valence-electron chi connectivity index (χ4n) is 5.66. The molecule has 1 saturated carbocycles. The fraction of sp³-hybridized carbons (Fsp3) is 1.00. The molecule has 1 fully saturated rings. The Morgan fingerprint density at radius 3 is 1.94 bits per heavy atom. The van der Waals surface area contributed by atoms with E-state index >= 15 is 0 Å². The lowest BCUT2D eigenvalue weighted by atomic mass is 9.53. The van der Waals surface area contributed by atoms with E-state index < -0.39 is 11.4 Å². The summed E-state index contributed by atoms with van der Waals surface area (Å²) < 4.78 is 0. The SMILES string of the molecule is [B]C(C)(CC)C(O)C(C)(CC)C(CCCC)CCCSC1CCCCCCCC1SCC. The highest BCUT2D eigenvalue weighted by Crippen LogP contribution is 2.49. The van der Waals surface area contributed by atoms with Crippen molar-refractivity contribution < 1.29 is 5.11 Å². The van der Waals surface area contributed by atoms with Crippen LogP contribution in [0.2, 0.25) is 5.31 Å². The van der Waals surface area contributed by atoms with E-state index in [-0.39, 0.29) is 5.41 Å². The average Bonchev–Trinajstić information content (AvgIpc) is 2.90.